The summed E-state index contributed by atoms with van der Waals surface area (Å²) in [6.45, 7) is 3.05. The van der Waals surface area contributed by atoms with Gasteiger partial charge in [-0.3, -0.25) is 4.79 Å². The van der Waals surface area contributed by atoms with Gasteiger partial charge in [0, 0.05) is 0 Å². The van der Waals surface area contributed by atoms with E-state index in [1.165, 1.54) is 6.92 Å². The summed E-state index contributed by atoms with van der Waals surface area (Å²) in [6.07, 6.45) is 0.190. The van der Waals surface area contributed by atoms with E-state index in [1.807, 2.05) is 0 Å². The number of aryl methyl sites for hydroxylation is 2. The van der Waals surface area contributed by atoms with Crippen LogP contribution in [0, 0.1) is 13.8 Å². The Morgan fingerprint density at radius 1 is 1.32 bits per heavy atom. The predicted octanol–water partition coefficient (Wildman–Crippen LogP) is 0.0913. The number of amides is 1. The normalized spacial score (nSPS) is 12.2. The molecule has 1 aromatic rings. The summed E-state index contributed by atoms with van der Waals surface area (Å²) in [5.74, 6) is -4.21. The molecular weight excluding hydrogens is 296 g/mol. The first-order valence-corrected chi connectivity index (χ1v) is 7.08. The number of nitrogens with zero attached hydrogens (tertiary/aromatic N) is 1. The zero-order valence-corrected chi connectivity index (χ0v) is 11.5. The summed E-state index contributed by atoms with van der Waals surface area (Å²) < 4.78 is 25.0. The van der Waals surface area contributed by atoms with E-state index in [-0.39, 0.29) is 16.0 Å². The zero-order chi connectivity index (χ0) is 14.8. The van der Waals surface area contributed by atoms with Gasteiger partial charge in [-0.25, -0.2) is 22.9 Å². The summed E-state index contributed by atoms with van der Waals surface area (Å²) in [7, 11) is -4.19. The molecule has 19 heavy (non-hydrogen) atoms. The van der Waals surface area contributed by atoms with Crippen LogP contribution in [0.1, 0.15) is 10.7 Å². The van der Waals surface area contributed by atoms with Gasteiger partial charge in [-0.2, -0.15) is 0 Å². The topological polar surface area (TPSA) is 134 Å². The molecule has 0 aliphatic carbocycles. The Labute approximate surface area is 112 Å². The zero-order valence-electron chi connectivity index (χ0n) is 9.87. The number of carboxylic acids is 1. The van der Waals surface area contributed by atoms with Crippen molar-refractivity contribution in [2.45, 2.75) is 18.1 Å². The number of hydrogen-bond acceptors (Lipinski definition) is 7. The molecule has 3 N–H and O–H groups in total. The number of thiazole rings is 1. The molecule has 0 saturated heterocycles. The Hall–Kier alpha value is -1.94. The van der Waals surface area contributed by atoms with Crippen LogP contribution in [-0.4, -0.2) is 35.5 Å². The maximum Gasteiger partial charge on any atom is 0.332 e. The van der Waals surface area contributed by atoms with Crippen molar-refractivity contribution in [3.05, 3.63) is 22.5 Å². The third-order valence-corrected chi connectivity index (χ3v) is 4.84. The van der Waals surface area contributed by atoms with E-state index in [9.17, 15) is 18.0 Å². The van der Waals surface area contributed by atoms with Crippen molar-refractivity contribution < 1.29 is 28.2 Å². The molecule has 0 unspecified atom stereocenters. The maximum absolute atomic E-state index is 11.8. The van der Waals surface area contributed by atoms with Crippen molar-refractivity contribution >= 4 is 33.2 Å². The monoisotopic (exact) mass is 306 g/mol. The van der Waals surface area contributed by atoms with Crippen molar-refractivity contribution in [3.8, 4) is 0 Å². The third-order valence-electron chi connectivity index (χ3n) is 1.82. The summed E-state index contributed by atoms with van der Waals surface area (Å²) in [6, 6.07) is 0. The van der Waals surface area contributed by atoms with Gasteiger partial charge < -0.3 is 10.2 Å². The van der Waals surface area contributed by atoms with Crippen LogP contribution in [0.2, 0.25) is 0 Å². The molecule has 0 spiro atoms. The van der Waals surface area contributed by atoms with Gasteiger partial charge in [0.1, 0.15) is 0 Å². The Balaban J connectivity index is 3.02. The molecule has 0 aliphatic rings. The second kappa shape index (κ2) is 5.36. The lowest BCUT2D eigenvalue weighted by Gasteiger charge is -2.04. The van der Waals surface area contributed by atoms with Crippen LogP contribution in [0.25, 0.3) is 0 Å². The minimum atomic E-state index is -4.19. The Morgan fingerprint density at radius 2 is 1.89 bits per heavy atom. The Kier molecular flexibility index (Phi) is 4.27. The highest BCUT2D eigenvalue weighted by molar-refractivity contribution is 7.92. The number of aliphatic hydroxyl groups is 1. The molecule has 1 aromatic heterocycles. The first-order chi connectivity index (χ1) is 8.63. The summed E-state index contributed by atoms with van der Waals surface area (Å²) in [4.78, 5) is 25.4. The highest BCUT2D eigenvalue weighted by Gasteiger charge is 2.25. The highest BCUT2D eigenvalue weighted by atomic mass is 32.2. The molecule has 0 saturated carbocycles. The molecule has 0 fully saturated rings. The number of carboxylic acid groups (broad SMARTS) is 1. The number of nitrogens with one attached hydrogen (secondary N) is 1. The predicted molar refractivity (Wildman–Crippen MR) is 65.3 cm³/mol. The summed E-state index contributed by atoms with van der Waals surface area (Å²) in [5, 5.41) is 17.9. The van der Waals surface area contributed by atoms with Gasteiger partial charge >= 0.3 is 5.97 Å². The van der Waals surface area contributed by atoms with Crippen LogP contribution in [0.3, 0.4) is 0 Å². The van der Waals surface area contributed by atoms with E-state index in [0.717, 1.165) is 11.3 Å². The molecular formula is C9H10N2O6S2. The van der Waals surface area contributed by atoms with Crippen molar-refractivity contribution in [1.29, 1.82) is 0 Å². The highest BCUT2D eigenvalue weighted by Crippen LogP contribution is 2.22. The molecule has 8 nitrogen and oxygen atoms in total. The lowest BCUT2D eigenvalue weighted by molar-refractivity contribution is -0.132. The summed E-state index contributed by atoms with van der Waals surface area (Å²) >= 11 is 0.858. The van der Waals surface area contributed by atoms with E-state index in [4.69, 9.17) is 10.2 Å². The number of aliphatic carboxylic acids is 1. The van der Waals surface area contributed by atoms with E-state index >= 15 is 0 Å². The fourth-order valence-corrected chi connectivity index (χ4v) is 3.61. The van der Waals surface area contributed by atoms with Crippen LogP contribution >= 0.6 is 11.3 Å². The second-order valence-corrected chi connectivity index (χ2v) is 6.49. The van der Waals surface area contributed by atoms with E-state index in [2.05, 4.69) is 4.98 Å². The van der Waals surface area contributed by atoms with Crippen LogP contribution < -0.4 is 4.72 Å². The lowest BCUT2D eigenvalue weighted by atomic mass is 10.4. The van der Waals surface area contributed by atoms with Gasteiger partial charge in [0.2, 0.25) is 0 Å². The fraction of sp³-hybridized carbons (Fsp3) is 0.222. The molecule has 1 heterocycles. The SMILES string of the molecule is Cc1nc(C)c(S(=O)(=O)NC(=O)/C(O)=C/C(=O)O)s1. The van der Waals surface area contributed by atoms with Gasteiger partial charge in [0.05, 0.1) is 16.8 Å². The van der Waals surface area contributed by atoms with Crippen LogP contribution in [0.15, 0.2) is 16.0 Å². The van der Waals surface area contributed by atoms with E-state index < -0.39 is 27.7 Å². The van der Waals surface area contributed by atoms with Crippen molar-refractivity contribution in [2.75, 3.05) is 0 Å². The van der Waals surface area contributed by atoms with Crippen molar-refractivity contribution in [3.63, 3.8) is 0 Å². The van der Waals surface area contributed by atoms with Crippen molar-refractivity contribution in [1.82, 2.24) is 9.71 Å². The molecule has 1 amide bonds. The molecule has 1 rings (SSSR count). The fourth-order valence-electron chi connectivity index (χ4n) is 1.17. The molecule has 10 heteroatoms. The number of aliphatic hydroxyl groups excluding tert-OH is 1. The first-order valence-electron chi connectivity index (χ1n) is 4.78. The minimum absolute atomic E-state index is 0.165. The first kappa shape index (κ1) is 15.1. The molecule has 0 radical (unpaired) electrons. The van der Waals surface area contributed by atoms with E-state index in [0.29, 0.717) is 5.01 Å². The smallest absolute Gasteiger partial charge is 0.332 e. The average Bonchev–Trinajstić information content (AvgIpc) is 2.56. The minimum Gasteiger partial charge on any atom is -0.503 e. The van der Waals surface area contributed by atoms with Gasteiger partial charge in [-0.1, -0.05) is 0 Å². The van der Waals surface area contributed by atoms with Crippen LogP contribution in [0.5, 0.6) is 0 Å². The number of sulfonamides is 1. The average molecular weight is 306 g/mol. The Bertz CT molecular complexity index is 658. The van der Waals surface area contributed by atoms with Crippen LogP contribution in [0.4, 0.5) is 0 Å². The van der Waals surface area contributed by atoms with Crippen molar-refractivity contribution in [2.24, 2.45) is 0 Å². The molecule has 0 atom stereocenters. The number of carbonyl (C=O) groups excluding carboxylic acids is 1. The number of carbonyl (C=O) groups is 2. The van der Waals surface area contributed by atoms with Gasteiger partial charge in [-0.15, -0.1) is 11.3 Å². The lowest BCUT2D eigenvalue weighted by Crippen LogP contribution is -2.31. The number of rotatable bonds is 4. The largest absolute Gasteiger partial charge is 0.503 e. The molecule has 104 valence electrons. The Morgan fingerprint density at radius 3 is 2.32 bits per heavy atom. The number of hydrogen-bond donors (Lipinski definition) is 3. The van der Waals surface area contributed by atoms with Gasteiger partial charge in [0.15, 0.2) is 9.97 Å². The standard InChI is InChI=1S/C9H10N2O6S2/c1-4-9(18-5(2)10-4)19(16,17)11-8(15)6(12)3-7(13)14/h3,12H,1-2H3,(H,11,15)(H,13,14)/b6-3-. The van der Waals surface area contributed by atoms with E-state index in [1.54, 1.807) is 11.6 Å². The second-order valence-electron chi connectivity index (χ2n) is 3.41. The molecule has 0 bridgehead atoms. The molecule has 0 aromatic carbocycles. The summed E-state index contributed by atoms with van der Waals surface area (Å²) in [5.41, 5.74) is 0.213. The maximum atomic E-state index is 11.8. The van der Waals surface area contributed by atoms with Crippen LogP contribution in [-0.2, 0) is 19.6 Å². The quantitative estimate of drug-likeness (QED) is 0.530. The van der Waals surface area contributed by atoms with Gasteiger partial charge in [0.25, 0.3) is 15.9 Å². The number of aromatic nitrogens is 1. The molecule has 0 aliphatic heterocycles. The third kappa shape index (κ3) is 3.76. The van der Waals surface area contributed by atoms with Gasteiger partial charge in [-0.05, 0) is 13.8 Å².